The quantitative estimate of drug-likeness (QED) is 0.832. The van der Waals surface area contributed by atoms with E-state index in [0.29, 0.717) is 13.0 Å². The first kappa shape index (κ1) is 16.1. The van der Waals surface area contributed by atoms with E-state index in [1.165, 1.54) is 0 Å². The van der Waals surface area contributed by atoms with Crippen LogP contribution in [0.15, 0.2) is 48.5 Å². The van der Waals surface area contributed by atoms with Crippen LogP contribution < -0.4 is 10.2 Å². The van der Waals surface area contributed by atoms with Crippen molar-refractivity contribution in [2.75, 3.05) is 18.0 Å². The molecular weight excluding hydrogens is 342 g/mol. The minimum Gasteiger partial charge on any atom is -0.319 e. The van der Waals surface area contributed by atoms with Crippen LogP contribution in [0, 0.1) is 0 Å². The summed E-state index contributed by atoms with van der Waals surface area (Å²) in [6.07, 6.45) is 2.07. The van der Waals surface area contributed by atoms with Crippen LogP contribution in [0.1, 0.15) is 23.1 Å². The molecular formula is C21H19N3O3. The van der Waals surface area contributed by atoms with Crippen LogP contribution in [0.2, 0.25) is 0 Å². The Morgan fingerprint density at radius 1 is 1.00 bits per heavy atom. The largest absolute Gasteiger partial charge is 0.325 e. The Balaban J connectivity index is 1.40. The second-order valence-corrected chi connectivity index (χ2v) is 7.31. The van der Waals surface area contributed by atoms with Gasteiger partial charge in [0.25, 0.3) is 5.91 Å². The van der Waals surface area contributed by atoms with Crippen molar-refractivity contribution in [2.24, 2.45) is 0 Å². The molecule has 2 aromatic rings. The van der Waals surface area contributed by atoms with Crippen molar-refractivity contribution in [3.05, 3.63) is 65.2 Å². The summed E-state index contributed by atoms with van der Waals surface area (Å²) >= 11 is 0. The highest BCUT2D eigenvalue weighted by molar-refractivity contribution is 6.11. The molecule has 136 valence electrons. The molecule has 0 radical (unpaired) electrons. The van der Waals surface area contributed by atoms with Crippen LogP contribution in [0.4, 0.5) is 10.5 Å². The highest BCUT2D eigenvalue weighted by Crippen LogP contribution is 2.41. The number of para-hydroxylation sites is 1. The molecule has 6 nitrogen and oxygen atoms in total. The van der Waals surface area contributed by atoms with Gasteiger partial charge in [0.15, 0.2) is 0 Å². The number of benzene rings is 2. The number of urea groups is 1. The number of amides is 4. The molecule has 2 heterocycles. The van der Waals surface area contributed by atoms with Crippen LogP contribution in [0.5, 0.6) is 0 Å². The molecule has 1 saturated heterocycles. The van der Waals surface area contributed by atoms with E-state index in [2.05, 4.69) is 5.32 Å². The highest BCUT2D eigenvalue weighted by Gasteiger charge is 2.55. The summed E-state index contributed by atoms with van der Waals surface area (Å²) in [5.41, 5.74) is 2.90. The Bertz CT molecular complexity index is 986. The zero-order valence-electron chi connectivity index (χ0n) is 14.8. The van der Waals surface area contributed by atoms with Crippen LogP contribution in [0.3, 0.4) is 0 Å². The van der Waals surface area contributed by atoms with Crippen LogP contribution >= 0.6 is 0 Å². The first-order valence-corrected chi connectivity index (χ1v) is 9.21. The van der Waals surface area contributed by atoms with Gasteiger partial charge in [-0.05, 0) is 42.0 Å². The van der Waals surface area contributed by atoms with Crippen LogP contribution in [-0.2, 0) is 28.0 Å². The molecule has 3 aliphatic rings. The van der Waals surface area contributed by atoms with Gasteiger partial charge in [0, 0.05) is 12.2 Å². The van der Waals surface area contributed by atoms with Gasteiger partial charge in [0.2, 0.25) is 5.91 Å². The Kier molecular flexibility index (Phi) is 3.37. The monoisotopic (exact) mass is 361 g/mol. The number of anilines is 1. The van der Waals surface area contributed by atoms with E-state index in [1.807, 2.05) is 48.5 Å². The van der Waals surface area contributed by atoms with Crippen molar-refractivity contribution >= 4 is 23.5 Å². The smallest absolute Gasteiger partial charge is 0.319 e. The summed E-state index contributed by atoms with van der Waals surface area (Å²) in [6, 6.07) is 14.9. The summed E-state index contributed by atoms with van der Waals surface area (Å²) in [5, 5.41) is 2.87. The zero-order valence-corrected chi connectivity index (χ0v) is 14.8. The molecule has 5 rings (SSSR count). The molecule has 0 unspecified atom stereocenters. The highest BCUT2D eigenvalue weighted by atomic mass is 16.2. The number of carbonyl (C=O) groups excluding carboxylic acids is 3. The van der Waals surface area contributed by atoms with E-state index in [4.69, 9.17) is 0 Å². The normalized spacial score (nSPS) is 23.0. The molecule has 0 bridgehead atoms. The second kappa shape index (κ2) is 5.67. The third kappa shape index (κ3) is 2.22. The summed E-state index contributed by atoms with van der Waals surface area (Å²) in [4.78, 5) is 41.3. The SMILES string of the molecule is O=C1N[C@]2(CCc3ccccc32)C(=O)N1CC(=O)N1CCc2ccccc21. The Morgan fingerprint density at radius 3 is 2.59 bits per heavy atom. The fourth-order valence-corrected chi connectivity index (χ4v) is 4.55. The number of hydrogen-bond acceptors (Lipinski definition) is 3. The molecule has 4 amide bonds. The summed E-state index contributed by atoms with van der Waals surface area (Å²) < 4.78 is 0. The third-order valence-corrected chi connectivity index (χ3v) is 5.90. The maximum Gasteiger partial charge on any atom is 0.325 e. The van der Waals surface area contributed by atoms with Crippen molar-refractivity contribution in [1.29, 1.82) is 0 Å². The van der Waals surface area contributed by atoms with Gasteiger partial charge in [-0.15, -0.1) is 0 Å². The van der Waals surface area contributed by atoms with Gasteiger partial charge in [0.05, 0.1) is 0 Å². The Hall–Kier alpha value is -3.15. The van der Waals surface area contributed by atoms with E-state index in [-0.39, 0.29) is 18.4 Å². The van der Waals surface area contributed by atoms with Crippen molar-refractivity contribution < 1.29 is 14.4 Å². The average Bonchev–Trinajstić information content (AvgIpc) is 3.34. The topological polar surface area (TPSA) is 69.7 Å². The Morgan fingerprint density at radius 2 is 1.74 bits per heavy atom. The molecule has 2 aliphatic heterocycles. The number of imide groups is 1. The van der Waals surface area contributed by atoms with Gasteiger partial charge in [-0.1, -0.05) is 42.5 Å². The predicted molar refractivity (Wildman–Crippen MR) is 99.2 cm³/mol. The first-order valence-electron chi connectivity index (χ1n) is 9.21. The number of fused-ring (bicyclic) bond motifs is 3. The van der Waals surface area contributed by atoms with Crippen LogP contribution in [-0.4, -0.2) is 35.8 Å². The lowest BCUT2D eigenvalue weighted by molar-refractivity contribution is -0.134. The molecule has 1 spiro atoms. The standard InChI is InChI=1S/C21H19N3O3/c25-18(23-12-10-15-6-2-4-8-17(15)23)13-24-19(26)21(22-20(24)27)11-9-14-5-1-3-7-16(14)21/h1-8H,9-13H2,(H,22,27)/t21-/m0/s1. The second-order valence-electron chi connectivity index (χ2n) is 7.31. The number of nitrogens with one attached hydrogen (secondary N) is 1. The number of nitrogens with zero attached hydrogens (tertiary/aromatic N) is 2. The van der Waals surface area contributed by atoms with Gasteiger partial charge in [-0.2, -0.15) is 0 Å². The summed E-state index contributed by atoms with van der Waals surface area (Å²) in [5.74, 6) is -0.551. The van der Waals surface area contributed by atoms with E-state index < -0.39 is 11.6 Å². The molecule has 1 fully saturated rings. The molecule has 1 aliphatic carbocycles. The maximum absolute atomic E-state index is 13.2. The molecule has 1 N–H and O–H groups in total. The van der Waals surface area contributed by atoms with Crippen molar-refractivity contribution in [2.45, 2.75) is 24.8 Å². The van der Waals surface area contributed by atoms with Gasteiger partial charge in [0.1, 0.15) is 12.1 Å². The van der Waals surface area contributed by atoms with E-state index in [9.17, 15) is 14.4 Å². The van der Waals surface area contributed by atoms with Crippen molar-refractivity contribution in [3.8, 4) is 0 Å². The van der Waals surface area contributed by atoms with E-state index in [1.54, 1.807) is 4.90 Å². The lowest BCUT2D eigenvalue weighted by Crippen LogP contribution is -2.44. The van der Waals surface area contributed by atoms with E-state index >= 15 is 0 Å². The molecule has 0 saturated carbocycles. The number of hydrogen-bond donors (Lipinski definition) is 1. The lowest BCUT2D eigenvalue weighted by Gasteiger charge is -2.23. The van der Waals surface area contributed by atoms with Gasteiger partial charge < -0.3 is 10.2 Å². The van der Waals surface area contributed by atoms with Gasteiger partial charge in [-0.3, -0.25) is 14.5 Å². The fraction of sp³-hybridized carbons (Fsp3) is 0.286. The zero-order chi connectivity index (χ0) is 18.6. The third-order valence-electron chi connectivity index (χ3n) is 5.90. The summed E-state index contributed by atoms with van der Waals surface area (Å²) in [7, 11) is 0. The molecule has 2 aromatic carbocycles. The number of aryl methyl sites for hydroxylation is 1. The maximum atomic E-state index is 13.2. The minimum absolute atomic E-state index is 0.230. The van der Waals surface area contributed by atoms with Crippen molar-refractivity contribution in [1.82, 2.24) is 10.2 Å². The minimum atomic E-state index is -1.02. The summed E-state index contributed by atoms with van der Waals surface area (Å²) in [6.45, 7) is 0.346. The number of carbonyl (C=O) groups is 3. The van der Waals surface area contributed by atoms with Crippen molar-refractivity contribution in [3.63, 3.8) is 0 Å². The predicted octanol–water partition coefficient (Wildman–Crippen LogP) is 1.97. The number of rotatable bonds is 2. The van der Waals surface area contributed by atoms with Crippen LogP contribution in [0.25, 0.3) is 0 Å². The molecule has 6 heteroatoms. The molecule has 1 atom stereocenters. The lowest BCUT2D eigenvalue weighted by atomic mass is 9.92. The first-order chi connectivity index (χ1) is 13.1. The molecule has 27 heavy (non-hydrogen) atoms. The molecule has 0 aromatic heterocycles. The Labute approximate surface area is 156 Å². The van der Waals surface area contributed by atoms with Gasteiger partial charge >= 0.3 is 6.03 Å². The fourth-order valence-electron chi connectivity index (χ4n) is 4.55. The van der Waals surface area contributed by atoms with Gasteiger partial charge in [-0.25, -0.2) is 4.79 Å². The van der Waals surface area contributed by atoms with E-state index in [0.717, 1.165) is 40.1 Å². The average molecular weight is 361 g/mol.